The Morgan fingerprint density at radius 1 is 1.47 bits per heavy atom. The topological polar surface area (TPSA) is 51.1 Å². The molecule has 0 spiro atoms. The number of aromatic nitrogens is 1. The number of carbonyl (C=O) groups is 1. The molecule has 0 saturated carbocycles. The van der Waals surface area contributed by atoms with E-state index in [0.29, 0.717) is 5.69 Å². The molecule has 0 aliphatic heterocycles. The van der Waals surface area contributed by atoms with Crippen LogP contribution in [0.4, 0.5) is 5.69 Å². The summed E-state index contributed by atoms with van der Waals surface area (Å²) in [4.78, 5) is 22.8. The third-order valence-corrected chi connectivity index (χ3v) is 3.25. The third kappa shape index (κ3) is 3.28. The summed E-state index contributed by atoms with van der Waals surface area (Å²) in [5, 5.41) is 4.39. The number of carbonyl (C=O) groups excluding carboxylic acids is 1. The van der Waals surface area contributed by atoms with Crippen LogP contribution in [0.3, 0.4) is 0 Å². The highest BCUT2D eigenvalue weighted by molar-refractivity contribution is 9.10. The maximum absolute atomic E-state index is 11.7. The molecule has 1 aromatic carbocycles. The van der Waals surface area contributed by atoms with E-state index in [2.05, 4.69) is 21.2 Å². The summed E-state index contributed by atoms with van der Waals surface area (Å²) in [7, 11) is 0. The van der Waals surface area contributed by atoms with Crippen LogP contribution in [0.1, 0.15) is 0 Å². The van der Waals surface area contributed by atoms with Gasteiger partial charge < -0.3 is 5.32 Å². The van der Waals surface area contributed by atoms with Crippen molar-refractivity contribution < 1.29 is 4.79 Å². The Balaban J connectivity index is 2.03. The van der Waals surface area contributed by atoms with Crippen LogP contribution in [-0.2, 0) is 11.3 Å². The second-order valence-electron chi connectivity index (χ2n) is 3.36. The van der Waals surface area contributed by atoms with E-state index < -0.39 is 0 Å². The number of thiazole rings is 1. The predicted octanol–water partition coefficient (Wildman–Crippen LogP) is 2.31. The minimum absolute atomic E-state index is 0.0366. The quantitative estimate of drug-likeness (QED) is 0.945. The van der Waals surface area contributed by atoms with Crippen molar-refractivity contribution in [3.63, 3.8) is 0 Å². The van der Waals surface area contributed by atoms with Crippen molar-refractivity contribution in [3.05, 3.63) is 50.0 Å². The highest BCUT2D eigenvalue weighted by Gasteiger charge is 2.05. The van der Waals surface area contributed by atoms with E-state index in [0.717, 1.165) is 15.8 Å². The molecular weight excluding hydrogens is 304 g/mol. The van der Waals surface area contributed by atoms with Gasteiger partial charge in [0.1, 0.15) is 6.54 Å². The number of nitrogens with zero attached hydrogens (tertiary/aromatic N) is 1. The zero-order chi connectivity index (χ0) is 12.3. The van der Waals surface area contributed by atoms with E-state index in [1.54, 1.807) is 23.7 Å². The number of halogens is 1. The second kappa shape index (κ2) is 5.29. The average Bonchev–Trinajstić information content (AvgIpc) is 2.64. The SMILES string of the molecule is O=C(Cn1ccsc1=O)Nc1cccc(Br)c1. The molecule has 0 radical (unpaired) electrons. The number of rotatable bonds is 3. The van der Waals surface area contributed by atoms with Crippen LogP contribution in [0.2, 0.25) is 0 Å². The van der Waals surface area contributed by atoms with Gasteiger partial charge in [-0.2, -0.15) is 0 Å². The average molecular weight is 313 g/mol. The van der Waals surface area contributed by atoms with Gasteiger partial charge >= 0.3 is 4.87 Å². The van der Waals surface area contributed by atoms with Crippen LogP contribution in [0.15, 0.2) is 45.1 Å². The van der Waals surface area contributed by atoms with E-state index >= 15 is 0 Å². The zero-order valence-corrected chi connectivity index (χ0v) is 11.1. The Labute approximate surface area is 110 Å². The number of nitrogens with one attached hydrogen (secondary N) is 1. The smallest absolute Gasteiger partial charge is 0.307 e. The molecule has 0 bridgehead atoms. The number of anilines is 1. The molecule has 6 heteroatoms. The summed E-state index contributed by atoms with van der Waals surface area (Å²) in [6.07, 6.45) is 1.60. The Hall–Kier alpha value is -1.40. The summed E-state index contributed by atoms with van der Waals surface area (Å²) in [5.41, 5.74) is 0.702. The fourth-order valence-electron chi connectivity index (χ4n) is 1.33. The minimum atomic E-state index is -0.219. The molecular formula is C11H9BrN2O2S. The van der Waals surface area contributed by atoms with Crippen molar-refractivity contribution in [2.75, 3.05) is 5.32 Å². The van der Waals surface area contributed by atoms with Gasteiger partial charge in [-0.1, -0.05) is 33.3 Å². The number of hydrogen-bond donors (Lipinski definition) is 1. The van der Waals surface area contributed by atoms with Crippen LogP contribution in [0, 0.1) is 0 Å². The Morgan fingerprint density at radius 3 is 2.94 bits per heavy atom. The molecule has 0 aliphatic rings. The molecule has 17 heavy (non-hydrogen) atoms. The van der Waals surface area contributed by atoms with E-state index in [1.807, 2.05) is 12.1 Å². The molecule has 0 unspecified atom stereocenters. The number of benzene rings is 1. The Kier molecular flexibility index (Phi) is 3.75. The predicted molar refractivity (Wildman–Crippen MR) is 71.4 cm³/mol. The van der Waals surface area contributed by atoms with E-state index in [1.165, 1.54) is 4.57 Å². The lowest BCUT2D eigenvalue weighted by Gasteiger charge is -2.05. The highest BCUT2D eigenvalue weighted by Crippen LogP contribution is 2.15. The third-order valence-electron chi connectivity index (χ3n) is 2.07. The zero-order valence-electron chi connectivity index (χ0n) is 8.72. The van der Waals surface area contributed by atoms with Crippen molar-refractivity contribution in [2.24, 2.45) is 0 Å². The van der Waals surface area contributed by atoms with Gasteiger partial charge in [0.2, 0.25) is 5.91 Å². The molecule has 0 aliphatic carbocycles. The summed E-state index contributed by atoms with van der Waals surface area (Å²) in [5.74, 6) is -0.219. The van der Waals surface area contributed by atoms with Crippen LogP contribution >= 0.6 is 27.3 Å². The van der Waals surface area contributed by atoms with Gasteiger partial charge in [0, 0.05) is 21.7 Å². The Bertz CT molecular complexity index is 591. The fraction of sp³-hybridized carbons (Fsp3) is 0.0909. The minimum Gasteiger partial charge on any atom is -0.324 e. The van der Waals surface area contributed by atoms with Gasteiger partial charge in [-0.25, -0.2) is 0 Å². The molecule has 88 valence electrons. The lowest BCUT2D eigenvalue weighted by atomic mass is 10.3. The van der Waals surface area contributed by atoms with Gasteiger partial charge in [0.15, 0.2) is 0 Å². The molecule has 1 amide bonds. The molecule has 1 aromatic heterocycles. The summed E-state index contributed by atoms with van der Waals surface area (Å²) < 4.78 is 2.26. The van der Waals surface area contributed by atoms with E-state index in [4.69, 9.17) is 0 Å². The fourth-order valence-corrected chi connectivity index (χ4v) is 2.31. The molecule has 0 atom stereocenters. The van der Waals surface area contributed by atoms with Crippen molar-refractivity contribution in [1.82, 2.24) is 4.57 Å². The number of amides is 1. The van der Waals surface area contributed by atoms with Gasteiger partial charge in [0.05, 0.1) is 0 Å². The van der Waals surface area contributed by atoms with Crippen molar-refractivity contribution in [1.29, 1.82) is 0 Å². The van der Waals surface area contributed by atoms with Crippen LogP contribution in [0.5, 0.6) is 0 Å². The lowest BCUT2D eigenvalue weighted by molar-refractivity contribution is -0.116. The second-order valence-corrected chi connectivity index (χ2v) is 5.13. The summed E-state index contributed by atoms with van der Waals surface area (Å²) in [6, 6.07) is 7.29. The first-order valence-corrected chi connectivity index (χ1v) is 6.52. The first-order valence-electron chi connectivity index (χ1n) is 4.84. The molecule has 1 heterocycles. The normalized spacial score (nSPS) is 10.2. The largest absolute Gasteiger partial charge is 0.324 e. The maximum Gasteiger partial charge on any atom is 0.307 e. The molecule has 4 nitrogen and oxygen atoms in total. The van der Waals surface area contributed by atoms with E-state index in [9.17, 15) is 9.59 Å². The monoisotopic (exact) mass is 312 g/mol. The van der Waals surface area contributed by atoms with Gasteiger partial charge in [0.25, 0.3) is 0 Å². The lowest BCUT2D eigenvalue weighted by Crippen LogP contribution is -2.23. The van der Waals surface area contributed by atoms with Crippen molar-refractivity contribution >= 4 is 38.9 Å². The summed E-state index contributed by atoms with van der Waals surface area (Å²) in [6.45, 7) is 0.0366. The van der Waals surface area contributed by atoms with Gasteiger partial charge in [-0.05, 0) is 18.2 Å². The van der Waals surface area contributed by atoms with Crippen LogP contribution in [0.25, 0.3) is 0 Å². The van der Waals surface area contributed by atoms with Gasteiger partial charge in [-0.3, -0.25) is 14.2 Å². The first-order chi connectivity index (χ1) is 8.15. The van der Waals surface area contributed by atoms with Crippen LogP contribution in [-0.4, -0.2) is 10.5 Å². The van der Waals surface area contributed by atoms with Crippen molar-refractivity contribution in [2.45, 2.75) is 6.54 Å². The molecule has 1 N–H and O–H groups in total. The standard InChI is InChI=1S/C11H9BrN2O2S/c12-8-2-1-3-9(6-8)13-10(15)7-14-4-5-17-11(14)16/h1-6H,7H2,(H,13,15). The van der Waals surface area contributed by atoms with E-state index in [-0.39, 0.29) is 17.3 Å². The highest BCUT2D eigenvalue weighted by atomic mass is 79.9. The number of hydrogen-bond acceptors (Lipinski definition) is 3. The maximum atomic E-state index is 11.7. The molecule has 0 fully saturated rings. The Morgan fingerprint density at radius 2 is 2.29 bits per heavy atom. The summed E-state index contributed by atoms with van der Waals surface area (Å²) >= 11 is 4.39. The van der Waals surface area contributed by atoms with Gasteiger partial charge in [-0.15, -0.1) is 0 Å². The van der Waals surface area contributed by atoms with Crippen molar-refractivity contribution in [3.8, 4) is 0 Å². The molecule has 2 aromatic rings. The molecule has 0 saturated heterocycles. The first kappa shape index (κ1) is 12.1. The van der Waals surface area contributed by atoms with Crippen LogP contribution < -0.4 is 10.2 Å². The molecule has 2 rings (SSSR count).